The van der Waals surface area contributed by atoms with Crippen LogP contribution in [0.25, 0.3) is 0 Å². The van der Waals surface area contributed by atoms with Gasteiger partial charge in [-0.2, -0.15) is 0 Å². The predicted octanol–water partition coefficient (Wildman–Crippen LogP) is 1.09. The molecule has 9 heteroatoms. The molecule has 0 bridgehead atoms. The highest BCUT2D eigenvalue weighted by Gasteiger charge is 2.28. The SMILES string of the molecule is CCOC(=O)N1CCC(NC(=O)N2CCN(C(=O)OCC)CC2)CC1. The van der Waals surface area contributed by atoms with Crippen molar-refractivity contribution >= 4 is 18.2 Å². The fourth-order valence-electron chi connectivity index (χ4n) is 2.99. The normalized spacial score (nSPS) is 18.7. The zero-order valence-electron chi connectivity index (χ0n) is 15.0. The maximum absolute atomic E-state index is 12.4. The molecule has 2 heterocycles. The van der Waals surface area contributed by atoms with Gasteiger partial charge in [0.05, 0.1) is 13.2 Å². The van der Waals surface area contributed by atoms with E-state index in [2.05, 4.69) is 5.32 Å². The number of carbonyl (C=O) groups is 3. The third-order valence-corrected chi connectivity index (χ3v) is 4.44. The van der Waals surface area contributed by atoms with Crippen LogP contribution in [0.2, 0.25) is 0 Å². The van der Waals surface area contributed by atoms with Crippen molar-refractivity contribution in [2.45, 2.75) is 32.7 Å². The van der Waals surface area contributed by atoms with E-state index in [0.29, 0.717) is 65.3 Å². The number of amides is 4. The molecule has 2 aliphatic heterocycles. The predicted molar refractivity (Wildman–Crippen MR) is 90.3 cm³/mol. The van der Waals surface area contributed by atoms with Crippen LogP contribution in [-0.4, -0.2) is 91.4 Å². The molecule has 0 radical (unpaired) electrons. The molecule has 4 amide bonds. The van der Waals surface area contributed by atoms with E-state index >= 15 is 0 Å². The molecule has 2 fully saturated rings. The first-order chi connectivity index (χ1) is 12.0. The first-order valence-electron chi connectivity index (χ1n) is 8.94. The van der Waals surface area contributed by atoms with E-state index in [1.807, 2.05) is 0 Å². The van der Waals surface area contributed by atoms with Crippen molar-refractivity contribution in [1.82, 2.24) is 20.0 Å². The number of nitrogens with zero attached hydrogens (tertiary/aromatic N) is 3. The van der Waals surface area contributed by atoms with Gasteiger partial charge in [-0.05, 0) is 26.7 Å². The molecule has 2 rings (SSSR count). The summed E-state index contributed by atoms with van der Waals surface area (Å²) < 4.78 is 9.96. The third kappa shape index (κ3) is 5.40. The summed E-state index contributed by atoms with van der Waals surface area (Å²) in [5.41, 5.74) is 0. The summed E-state index contributed by atoms with van der Waals surface area (Å²) in [7, 11) is 0. The second-order valence-corrected chi connectivity index (χ2v) is 6.08. The van der Waals surface area contributed by atoms with Gasteiger partial charge in [0.25, 0.3) is 0 Å². The van der Waals surface area contributed by atoms with E-state index in [9.17, 15) is 14.4 Å². The zero-order valence-corrected chi connectivity index (χ0v) is 15.0. The molecule has 0 aromatic carbocycles. The second kappa shape index (κ2) is 9.33. The number of nitrogens with one attached hydrogen (secondary N) is 1. The smallest absolute Gasteiger partial charge is 0.409 e. The number of piperazine rings is 1. The third-order valence-electron chi connectivity index (χ3n) is 4.44. The minimum absolute atomic E-state index is 0.0567. The first kappa shape index (κ1) is 19.1. The van der Waals surface area contributed by atoms with Crippen LogP contribution in [0.15, 0.2) is 0 Å². The average Bonchev–Trinajstić information content (AvgIpc) is 2.63. The molecule has 9 nitrogen and oxygen atoms in total. The lowest BCUT2D eigenvalue weighted by atomic mass is 10.1. The van der Waals surface area contributed by atoms with Crippen LogP contribution < -0.4 is 5.32 Å². The zero-order chi connectivity index (χ0) is 18.2. The van der Waals surface area contributed by atoms with Gasteiger partial charge in [-0.1, -0.05) is 0 Å². The Hall–Kier alpha value is -2.19. The van der Waals surface area contributed by atoms with Gasteiger partial charge < -0.3 is 29.5 Å². The van der Waals surface area contributed by atoms with Crippen LogP contribution in [0.3, 0.4) is 0 Å². The quantitative estimate of drug-likeness (QED) is 0.817. The van der Waals surface area contributed by atoms with Gasteiger partial charge in [0.2, 0.25) is 0 Å². The average molecular weight is 356 g/mol. The Morgan fingerprint density at radius 1 is 0.800 bits per heavy atom. The fourth-order valence-corrected chi connectivity index (χ4v) is 2.99. The van der Waals surface area contributed by atoms with Gasteiger partial charge >= 0.3 is 18.2 Å². The molecule has 0 aromatic heterocycles. The molecule has 0 saturated carbocycles. The molecule has 142 valence electrons. The molecule has 25 heavy (non-hydrogen) atoms. The molecular weight excluding hydrogens is 328 g/mol. The lowest BCUT2D eigenvalue weighted by Crippen LogP contribution is -2.56. The van der Waals surface area contributed by atoms with E-state index in [1.165, 1.54) is 0 Å². The maximum atomic E-state index is 12.4. The number of piperidine rings is 1. The molecule has 2 saturated heterocycles. The van der Waals surface area contributed by atoms with Crippen molar-refractivity contribution in [3.05, 3.63) is 0 Å². The van der Waals surface area contributed by atoms with E-state index in [-0.39, 0.29) is 24.3 Å². The molecular formula is C16H28N4O5. The van der Waals surface area contributed by atoms with Crippen LogP contribution in [0.1, 0.15) is 26.7 Å². The van der Waals surface area contributed by atoms with Crippen LogP contribution in [0, 0.1) is 0 Å². The van der Waals surface area contributed by atoms with Crippen LogP contribution in [0.5, 0.6) is 0 Å². The number of carbonyl (C=O) groups excluding carboxylic acids is 3. The van der Waals surface area contributed by atoms with E-state index < -0.39 is 0 Å². The van der Waals surface area contributed by atoms with Crippen molar-refractivity contribution in [2.75, 3.05) is 52.5 Å². The van der Waals surface area contributed by atoms with E-state index in [1.54, 1.807) is 28.5 Å². The number of hydrogen-bond acceptors (Lipinski definition) is 5. The van der Waals surface area contributed by atoms with Crippen LogP contribution >= 0.6 is 0 Å². The highest BCUT2D eigenvalue weighted by Crippen LogP contribution is 2.12. The molecule has 0 atom stereocenters. The van der Waals surface area contributed by atoms with Gasteiger partial charge in [-0.15, -0.1) is 0 Å². The van der Waals surface area contributed by atoms with Gasteiger partial charge in [-0.3, -0.25) is 0 Å². The Labute approximate surface area is 148 Å². The highest BCUT2D eigenvalue weighted by molar-refractivity contribution is 5.75. The summed E-state index contributed by atoms with van der Waals surface area (Å²) in [6.07, 6.45) is 0.817. The summed E-state index contributed by atoms with van der Waals surface area (Å²) in [6.45, 7) is 7.39. The van der Waals surface area contributed by atoms with Gasteiger partial charge in [0, 0.05) is 45.3 Å². The number of likely N-dealkylation sites (tertiary alicyclic amines) is 1. The Bertz CT molecular complexity index is 471. The number of ether oxygens (including phenoxy) is 2. The van der Waals surface area contributed by atoms with Gasteiger partial charge in [0.1, 0.15) is 0 Å². The summed E-state index contributed by atoms with van der Waals surface area (Å²) in [6, 6.07) is -0.0562. The molecule has 0 unspecified atom stereocenters. The van der Waals surface area contributed by atoms with Crippen molar-refractivity contribution in [3.63, 3.8) is 0 Å². The van der Waals surface area contributed by atoms with Crippen molar-refractivity contribution in [2.24, 2.45) is 0 Å². The van der Waals surface area contributed by atoms with Crippen molar-refractivity contribution < 1.29 is 23.9 Å². The molecule has 2 aliphatic rings. The topological polar surface area (TPSA) is 91.4 Å². The molecule has 0 aromatic rings. The molecule has 1 N–H and O–H groups in total. The summed E-state index contributed by atoms with van der Waals surface area (Å²) in [4.78, 5) is 40.7. The molecule has 0 spiro atoms. The van der Waals surface area contributed by atoms with Crippen molar-refractivity contribution in [3.8, 4) is 0 Å². The fraction of sp³-hybridized carbons (Fsp3) is 0.812. The highest BCUT2D eigenvalue weighted by atomic mass is 16.6. The summed E-state index contributed by atoms with van der Waals surface area (Å²) >= 11 is 0. The van der Waals surface area contributed by atoms with E-state index in [0.717, 1.165) is 0 Å². The summed E-state index contributed by atoms with van der Waals surface area (Å²) in [5.74, 6) is 0. The van der Waals surface area contributed by atoms with Crippen LogP contribution in [0.4, 0.5) is 14.4 Å². The maximum Gasteiger partial charge on any atom is 0.409 e. The van der Waals surface area contributed by atoms with Gasteiger partial charge in [-0.25, -0.2) is 14.4 Å². The Morgan fingerprint density at radius 2 is 1.24 bits per heavy atom. The van der Waals surface area contributed by atoms with E-state index in [4.69, 9.17) is 9.47 Å². The lowest BCUT2D eigenvalue weighted by Gasteiger charge is -2.36. The standard InChI is InChI=1S/C16H28N4O5/c1-3-24-15(22)19-7-5-13(6-8-19)17-14(21)18-9-11-20(12-10-18)16(23)25-4-2/h13H,3-12H2,1-2H3,(H,17,21). The Morgan fingerprint density at radius 3 is 1.72 bits per heavy atom. The second-order valence-electron chi connectivity index (χ2n) is 6.08. The number of rotatable bonds is 3. The van der Waals surface area contributed by atoms with Gasteiger partial charge in [0.15, 0.2) is 0 Å². The first-order valence-corrected chi connectivity index (χ1v) is 8.94. The lowest BCUT2D eigenvalue weighted by molar-refractivity contribution is 0.0824. The van der Waals surface area contributed by atoms with Crippen LogP contribution in [-0.2, 0) is 9.47 Å². The monoisotopic (exact) mass is 356 g/mol. The van der Waals surface area contributed by atoms with Crippen molar-refractivity contribution in [1.29, 1.82) is 0 Å². The minimum Gasteiger partial charge on any atom is -0.450 e. The Balaban J connectivity index is 1.70. The number of hydrogen-bond donors (Lipinski definition) is 1. The number of urea groups is 1. The molecule has 0 aliphatic carbocycles. The largest absolute Gasteiger partial charge is 0.450 e. The minimum atomic E-state index is -0.325. The summed E-state index contributed by atoms with van der Waals surface area (Å²) in [5, 5.41) is 3.02. The Kier molecular flexibility index (Phi) is 7.15.